The Bertz CT molecular complexity index is 386. The van der Waals surface area contributed by atoms with E-state index in [-0.39, 0.29) is 5.97 Å². The highest BCUT2D eigenvalue weighted by molar-refractivity contribution is 5.89. The van der Waals surface area contributed by atoms with Crippen LogP contribution >= 0.6 is 0 Å². The first-order valence-electron chi connectivity index (χ1n) is 6.12. The highest BCUT2D eigenvalue weighted by Gasteiger charge is 2.19. The van der Waals surface area contributed by atoms with Gasteiger partial charge in [0.15, 0.2) is 0 Å². The summed E-state index contributed by atoms with van der Waals surface area (Å²) in [6.07, 6.45) is 2.41. The molecule has 1 fully saturated rings. The Morgan fingerprint density at radius 1 is 1.35 bits per heavy atom. The van der Waals surface area contributed by atoms with E-state index in [2.05, 4.69) is 17.0 Å². The molecular formula is C14H19NO2. The molecule has 2 rings (SSSR count). The minimum atomic E-state index is -0.276. The normalized spacial score (nSPS) is 24.4. The predicted octanol–water partition coefficient (Wildman–Crippen LogP) is 2.53. The zero-order valence-corrected chi connectivity index (χ0v) is 10.4. The molecule has 1 aliphatic heterocycles. The van der Waals surface area contributed by atoms with Crippen molar-refractivity contribution in [3.05, 3.63) is 35.4 Å². The maximum absolute atomic E-state index is 11.3. The molecule has 3 nitrogen and oxygen atoms in total. The van der Waals surface area contributed by atoms with Gasteiger partial charge in [-0.2, -0.15) is 0 Å². The van der Waals surface area contributed by atoms with Gasteiger partial charge >= 0.3 is 5.97 Å². The Hall–Kier alpha value is -1.35. The Morgan fingerprint density at radius 2 is 2.06 bits per heavy atom. The van der Waals surface area contributed by atoms with Crippen LogP contribution in [0.5, 0.6) is 0 Å². The lowest BCUT2D eigenvalue weighted by Gasteiger charge is -2.28. The molecule has 3 heteroatoms. The fraction of sp³-hybridized carbons (Fsp3) is 0.500. The lowest BCUT2D eigenvalue weighted by atomic mass is 9.90. The molecular weight excluding hydrogens is 214 g/mol. The van der Waals surface area contributed by atoms with Crippen molar-refractivity contribution in [3.8, 4) is 0 Å². The quantitative estimate of drug-likeness (QED) is 0.798. The van der Waals surface area contributed by atoms with Crippen molar-refractivity contribution in [2.75, 3.05) is 13.7 Å². The zero-order chi connectivity index (χ0) is 12.3. The molecule has 1 heterocycles. The third-order valence-corrected chi connectivity index (χ3v) is 3.40. The minimum absolute atomic E-state index is 0.276. The number of methoxy groups -OCH3 is 1. The maximum Gasteiger partial charge on any atom is 0.337 e. The first-order chi connectivity index (χ1) is 8.20. The van der Waals surface area contributed by atoms with E-state index < -0.39 is 0 Å². The Labute approximate surface area is 102 Å². The fourth-order valence-electron chi connectivity index (χ4n) is 2.33. The number of carbonyl (C=O) groups excluding carboxylic acids is 1. The molecule has 0 radical (unpaired) electrons. The van der Waals surface area contributed by atoms with Crippen molar-refractivity contribution in [2.24, 2.45) is 5.92 Å². The van der Waals surface area contributed by atoms with E-state index in [4.69, 9.17) is 0 Å². The maximum atomic E-state index is 11.3. The number of hydrogen-bond acceptors (Lipinski definition) is 3. The predicted molar refractivity (Wildman–Crippen MR) is 66.9 cm³/mol. The summed E-state index contributed by atoms with van der Waals surface area (Å²) in [7, 11) is 1.40. The van der Waals surface area contributed by atoms with Gasteiger partial charge in [0.05, 0.1) is 12.7 Å². The van der Waals surface area contributed by atoms with Crippen molar-refractivity contribution < 1.29 is 9.53 Å². The summed E-state index contributed by atoms with van der Waals surface area (Å²) in [6.45, 7) is 3.36. The number of benzene rings is 1. The van der Waals surface area contributed by atoms with Crippen LogP contribution in [0.15, 0.2) is 24.3 Å². The molecule has 92 valence electrons. The van der Waals surface area contributed by atoms with Gasteiger partial charge in [0.2, 0.25) is 0 Å². The molecule has 0 bridgehead atoms. The van der Waals surface area contributed by atoms with Crippen LogP contribution < -0.4 is 5.32 Å². The highest BCUT2D eigenvalue weighted by Crippen LogP contribution is 2.26. The number of hydrogen-bond donors (Lipinski definition) is 1. The van der Waals surface area contributed by atoms with Crippen molar-refractivity contribution in [3.63, 3.8) is 0 Å². The van der Waals surface area contributed by atoms with Crippen molar-refractivity contribution >= 4 is 5.97 Å². The number of carbonyl (C=O) groups is 1. The van der Waals surface area contributed by atoms with Crippen LogP contribution in [-0.2, 0) is 4.74 Å². The van der Waals surface area contributed by atoms with Gasteiger partial charge in [-0.05, 0) is 43.0 Å². The Kier molecular flexibility index (Phi) is 3.79. The topological polar surface area (TPSA) is 38.3 Å². The highest BCUT2D eigenvalue weighted by atomic mass is 16.5. The van der Waals surface area contributed by atoms with Gasteiger partial charge in [-0.25, -0.2) is 4.79 Å². The summed E-state index contributed by atoms with van der Waals surface area (Å²) < 4.78 is 4.68. The van der Waals surface area contributed by atoms with Gasteiger partial charge in [0.1, 0.15) is 0 Å². The van der Waals surface area contributed by atoms with Crippen molar-refractivity contribution in [1.29, 1.82) is 0 Å². The van der Waals surface area contributed by atoms with Gasteiger partial charge in [-0.3, -0.25) is 0 Å². The van der Waals surface area contributed by atoms with Gasteiger partial charge in [0, 0.05) is 6.04 Å². The van der Waals surface area contributed by atoms with E-state index in [1.165, 1.54) is 19.1 Å². The molecule has 0 saturated carbocycles. The van der Waals surface area contributed by atoms with E-state index >= 15 is 0 Å². The standard InChI is InChI=1S/C14H19NO2/c1-10-7-8-15-13(9-10)11-3-5-12(6-4-11)14(16)17-2/h3-6,10,13,15H,7-9H2,1-2H3/t10-,13+/m0/s1. The number of ether oxygens (including phenoxy) is 1. The average Bonchev–Trinajstić information content (AvgIpc) is 2.38. The molecule has 0 unspecified atom stereocenters. The summed E-state index contributed by atoms with van der Waals surface area (Å²) in [6, 6.07) is 8.12. The number of esters is 1. The van der Waals surface area contributed by atoms with Crippen LogP contribution in [0.4, 0.5) is 0 Å². The second-order valence-electron chi connectivity index (χ2n) is 4.75. The van der Waals surface area contributed by atoms with Crippen molar-refractivity contribution in [2.45, 2.75) is 25.8 Å². The molecule has 1 aromatic rings. The second kappa shape index (κ2) is 5.32. The molecule has 0 aromatic heterocycles. The second-order valence-corrected chi connectivity index (χ2v) is 4.75. The van der Waals surface area contributed by atoms with E-state index in [9.17, 15) is 4.79 Å². The molecule has 0 spiro atoms. The van der Waals surface area contributed by atoms with Crippen LogP contribution in [-0.4, -0.2) is 19.6 Å². The van der Waals surface area contributed by atoms with Crippen LogP contribution in [0.3, 0.4) is 0 Å². The number of rotatable bonds is 2. The smallest absolute Gasteiger partial charge is 0.337 e. The fourth-order valence-corrected chi connectivity index (χ4v) is 2.33. The Morgan fingerprint density at radius 3 is 2.65 bits per heavy atom. The number of nitrogens with one attached hydrogen (secondary N) is 1. The van der Waals surface area contributed by atoms with Crippen LogP contribution in [0.25, 0.3) is 0 Å². The third-order valence-electron chi connectivity index (χ3n) is 3.40. The summed E-state index contributed by atoms with van der Waals surface area (Å²) in [4.78, 5) is 11.3. The molecule has 1 saturated heterocycles. The largest absolute Gasteiger partial charge is 0.465 e. The Balaban J connectivity index is 2.09. The van der Waals surface area contributed by atoms with Gasteiger partial charge < -0.3 is 10.1 Å². The molecule has 1 N–H and O–H groups in total. The van der Waals surface area contributed by atoms with E-state index in [0.29, 0.717) is 11.6 Å². The molecule has 0 amide bonds. The van der Waals surface area contributed by atoms with E-state index in [1.54, 1.807) is 0 Å². The number of piperidine rings is 1. The van der Waals surface area contributed by atoms with Gasteiger partial charge in [-0.15, -0.1) is 0 Å². The summed E-state index contributed by atoms with van der Waals surface area (Å²) in [5.74, 6) is 0.489. The molecule has 2 atom stereocenters. The summed E-state index contributed by atoms with van der Waals surface area (Å²) in [5.41, 5.74) is 1.87. The summed E-state index contributed by atoms with van der Waals surface area (Å²) >= 11 is 0. The first-order valence-corrected chi connectivity index (χ1v) is 6.12. The zero-order valence-electron chi connectivity index (χ0n) is 10.4. The van der Waals surface area contributed by atoms with Crippen LogP contribution in [0, 0.1) is 5.92 Å². The van der Waals surface area contributed by atoms with E-state index in [0.717, 1.165) is 18.9 Å². The molecule has 1 aromatic carbocycles. The molecule has 17 heavy (non-hydrogen) atoms. The minimum Gasteiger partial charge on any atom is -0.465 e. The molecule has 1 aliphatic rings. The first kappa shape index (κ1) is 12.1. The monoisotopic (exact) mass is 233 g/mol. The van der Waals surface area contributed by atoms with Crippen molar-refractivity contribution in [1.82, 2.24) is 5.32 Å². The van der Waals surface area contributed by atoms with Crippen LogP contribution in [0.2, 0.25) is 0 Å². The third kappa shape index (κ3) is 2.86. The summed E-state index contributed by atoms with van der Waals surface area (Å²) in [5, 5.41) is 3.51. The van der Waals surface area contributed by atoms with Crippen LogP contribution in [0.1, 0.15) is 41.7 Å². The van der Waals surface area contributed by atoms with E-state index in [1.807, 2.05) is 24.3 Å². The van der Waals surface area contributed by atoms with Gasteiger partial charge in [-0.1, -0.05) is 19.1 Å². The lowest BCUT2D eigenvalue weighted by Crippen LogP contribution is -2.30. The lowest BCUT2D eigenvalue weighted by molar-refractivity contribution is 0.0600. The SMILES string of the molecule is COC(=O)c1ccc([C@H]2C[C@@H](C)CCN2)cc1. The van der Waals surface area contributed by atoms with Gasteiger partial charge in [0.25, 0.3) is 0 Å². The molecule has 0 aliphatic carbocycles. The average molecular weight is 233 g/mol.